The Labute approximate surface area is 119 Å². The second-order valence-electron chi connectivity index (χ2n) is 4.74. The number of anilines is 1. The van der Waals surface area contributed by atoms with Crippen LogP contribution < -0.4 is 5.32 Å². The van der Waals surface area contributed by atoms with E-state index in [9.17, 15) is 0 Å². The van der Waals surface area contributed by atoms with Gasteiger partial charge in [0.15, 0.2) is 0 Å². The average Bonchev–Trinajstić information content (AvgIpc) is 2.92. The first-order valence-electron chi connectivity index (χ1n) is 7.08. The van der Waals surface area contributed by atoms with Gasteiger partial charge in [-0.1, -0.05) is 32.4 Å². The molecule has 3 heteroatoms. The van der Waals surface area contributed by atoms with Gasteiger partial charge in [0.25, 0.3) is 0 Å². The van der Waals surface area contributed by atoms with Crippen LogP contribution in [0.5, 0.6) is 0 Å². The number of hydrogen-bond donors (Lipinski definition) is 1. The summed E-state index contributed by atoms with van der Waals surface area (Å²) in [6.45, 7) is 5.18. The molecule has 2 rings (SSSR count). The molecule has 0 unspecified atom stereocenters. The molecule has 0 aliphatic heterocycles. The summed E-state index contributed by atoms with van der Waals surface area (Å²) in [6.07, 6.45) is 4.73. The van der Waals surface area contributed by atoms with Crippen LogP contribution in [0.25, 0.3) is 0 Å². The average molecular weight is 274 g/mol. The van der Waals surface area contributed by atoms with Crippen molar-refractivity contribution >= 4 is 17.0 Å². The number of rotatable bonds is 7. The minimum Gasteiger partial charge on any atom is -0.379 e. The molecule has 0 amide bonds. The summed E-state index contributed by atoms with van der Waals surface area (Å²) in [4.78, 5) is 4.56. The van der Waals surface area contributed by atoms with Crippen molar-refractivity contribution in [1.29, 1.82) is 0 Å². The third kappa shape index (κ3) is 4.35. The standard InChI is InChI=1S/C16H22N2S/c1-3-5-6-13-7-9-14(10-8-13)17-11-15-12-19-16(4-2)18-15/h7-10,12,17H,3-6,11H2,1-2H3. The van der Waals surface area contributed by atoms with Crippen molar-refractivity contribution < 1.29 is 0 Å². The van der Waals surface area contributed by atoms with E-state index in [0.29, 0.717) is 0 Å². The lowest BCUT2D eigenvalue weighted by atomic mass is 10.1. The van der Waals surface area contributed by atoms with Crippen LogP contribution in [0.2, 0.25) is 0 Å². The fourth-order valence-corrected chi connectivity index (χ4v) is 2.70. The highest BCUT2D eigenvalue weighted by Crippen LogP contribution is 2.14. The molecule has 0 aliphatic carbocycles. The molecule has 0 bridgehead atoms. The summed E-state index contributed by atoms with van der Waals surface area (Å²) in [6, 6.07) is 8.77. The molecule has 0 saturated heterocycles. The third-order valence-corrected chi connectivity index (χ3v) is 4.19. The van der Waals surface area contributed by atoms with Crippen LogP contribution in [0.3, 0.4) is 0 Å². The highest BCUT2D eigenvalue weighted by molar-refractivity contribution is 7.09. The second kappa shape index (κ2) is 7.29. The van der Waals surface area contributed by atoms with E-state index >= 15 is 0 Å². The van der Waals surface area contributed by atoms with Gasteiger partial charge < -0.3 is 5.32 Å². The van der Waals surface area contributed by atoms with Gasteiger partial charge in [0.2, 0.25) is 0 Å². The molecule has 0 atom stereocenters. The molecule has 1 aromatic heterocycles. The maximum absolute atomic E-state index is 4.56. The maximum atomic E-state index is 4.56. The number of hydrogen-bond acceptors (Lipinski definition) is 3. The van der Waals surface area contributed by atoms with E-state index < -0.39 is 0 Å². The molecule has 2 aromatic rings. The van der Waals surface area contributed by atoms with Gasteiger partial charge in [-0.25, -0.2) is 4.98 Å². The van der Waals surface area contributed by atoms with Crippen molar-refractivity contribution in [2.45, 2.75) is 46.1 Å². The van der Waals surface area contributed by atoms with Gasteiger partial charge in [0, 0.05) is 11.1 Å². The number of unbranched alkanes of at least 4 members (excludes halogenated alkanes) is 1. The lowest BCUT2D eigenvalue weighted by Crippen LogP contribution is -2.00. The van der Waals surface area contributed by atoms with E-state index in [0.717, 1.165) is 18.7 Å². The molecule has 19 heavy (non-hydrogen) atoms. The Morgan fingerprint density at radius 1 is 1.16 bits per heavy atom. The monoisotopic (exact) mass is 274 g/mol. The molecule has 1 aromatic carbocycles. The molecule has 0 saturated carbocycles. The van der Waals surface area contributed by atoms with Gasteiger partial charge in [0.05, 0.1) is 17.2 Å². The molecule has 1 heterocycles. The fraction of sp³-hybridized carbons (Fsp3) is 0.438. The Morgan fingerprint density at radius 2 is 1.95 bits per heavy atom. The second-order valence-corrected chi connectivity index (χ2v) is 5.68. The summed E-state index contributed by atoms with van der Waals surface area (Å²) < 4.78 is 0. The number of aryl methyl sites for hydroxylation is 2. The Hall–Kier alpha value is -1.35. The van der Waals surface area contributed by atoms with Crippen LogP contribution in [0.4, 0.5) is 5.69 Å². The summed E-state index contributed by atoms with van der Waals surface area (Å²) in [7, 11) is 0. The number of thiazole rings is 1. The normalized spacial score (nSPS) is 10.6. The predicted octanol–water partition coefficient (Wildman–Crippen LogP) is 4.66. The van der Waals surface area contributed by atoms with Gasteiger partial charge in [-0.15, -0.1) is 11.3 Å². The quantitative estimate of drug-likeness (QED) is 0.794. The minimum atomic E-state index is 0.810. The van der Waals surface area contributed by atoms with Gasteiger partial charge in [0.1, 0.15) is 0 Å². The molecular weight excluding hydrogens is 252 g/mol. The molecule has 0 aliphatic rings. The topological polar surface area (TPSA) is 24.9 Å². The summed E-state index contributed by atoms with van der Waals surface area (Å²) in [5.74, 6) is 0. The molecule has 0 radical (unpaired) electrons. The van der Waals surface area contributed by atoms with Gasteiger partial charge in [-0.05, 0) is 37.0 Å². The fourth-order valence-electron chi connectivity index (χ4n) is 1.96. The summed E-state index contributed by atoms with van der Waals surface area (Å²) in [5.41, 5.74) is 3.73. The van der Waals surface area contributed by atoms with E-state index in [1.54, 1.807) is 11.3 Å². The lowest BCUT2D eigenvalue weighted by Gasteiger charge is -2.06. The smallest absolute Gasteiger partial charge is 0.0926 e. The van der Waals surface area contributed by atoms with Crippen LogP contribution in [0.15, 0.2) is 29.6 Å². The zero-order chi connectivity index (χ0) is 13.5. The molecule has 0 spiro atoms. The maximum Gasteiger partial charge on any atom is 0.0926 e. The molecule has 1 N–H and O–H groups in total. The van der Waals surface area contributed by atoms with E-state index in [1.165, 1.54) is 35.5 Å². The summed E-state index contributed by atoms with van der Waals surface area (Å²) >= 11 is 1.75. The third-order valence-electron chi connectivity index (χ3n) is 3.15. The van der Waals surface area contributed by atoms with E-state index in [4.69, 9.17) is 0 Å². The summed E-state index contributed by atoms with van der Waals surface area (Å²) in [5, 5.41) is 6.78. The zero-order valence-electron chi connectivity index (χ0n) is 11.8. The Morgan fingerprint density at radius 3 is 2.58 bits per heavy atom. The Bertz CT molecular complexity index is 488. The van der Waals surface area contributed by atoms with Crippen molar-refractivity contribution in [3.05, 3.63) is 45.9 Å². The molecule has 0 fully saturated rings. The minimum absolute atomic E-state index is 0.810. The predicted molar refractivity (Wildman–Crippen MR) is 83.9 cm³/mol. The number of nitrogens with one attached hydrogen (secondary N) is 1. The number of aromatic nitrogens is 1. The molecular formula is C16H22N2S. The Balaban J connectivity index is 1.85. The van der Waals surface area contributed by atoms with Crippen LogP contribution in [-0.4, -0.2) is 4.98 Å². The largest absolute Gasteiger partial charge is 0.379 e. The molecule has 2 nitrogen and oxygen atoms in total. The van der Waals surface area contributed by atoms with Crippen molar-refractivity contribution in [2.24, 2.45) is 0 Å². The van der Waals surface area contributed by atoms with Crippen molar-refractivity contribution in [3.63, 3.8) is 0 Å². The van der Waals surface area contributed by atoms with E-state index in [1.807, 2.05) is 0 Å². The van der Waals surface area contributed by atoms with Gasteiger partial charge in [-0.3, -0.25) is 0 Å². The van der Waals surface area contributed by atoms with Crippen molar-refractivity contribution in [1.82, 2.24) is 4.98 Å². The van der Waals surface area contributed by atoms with E-state index in [-0.39, 0.29) is 0 Å². The van der Waals surface area contributed by atoms with Crippen LogP contribution >= 0.6 is 11.3 Å². The van der Waals surface area contributed by atoms with Gasteiger partial charge >= 0.3 is 0 Å². The first-order valence-corrected chi connectivity index (χ1v) is 7.96. The van der Waals surface area contributed by atoms with Crippen LogP contribution in [0, 0.1) is 0 Å². The van der Waals surface area contributed by atoms with E-state index in [2.05, 4.69) is 53.8 Å². The number of benzene rings is 1. The van der Waals surface area contributed by atoms with Gasteiger partial charge in [-0.2, -0.15) is 0 Å². The zero-order valence-corrected chi connectivity index (χ0v) is 12.6. The van der Waals surface area contributed by atoms with Crippen LogP contribution in [-0.2, 0) is 19.4 Å². The SMILES string of the molecule is CCCCc1ccc(NCc2csc(CC)n2)cc1. The van der Waals surface area contributed by atoms with Crippen molar-refractivity contribution in [3.8, 4) is 0 Å². The highest BCUT2D eigenvalue weighted by Gasteiger charge is 2.00. The number of nitrogens with zero attached hydrogens (tertiary/aromatic N) is 1. The van der Waals surface area contributed by atoms with Crippen LogP contribution in [0.1, 0.15) is 43.0 Å². The molecule has 102 valence electrons. The highest BCUT2D eigenvalue weighted by atomic mass is 32.1. The van der Waals surface area contributed by atoms with Crippen molar-refractivity contribution in [2.75, 3.05) is 5.32 Å². The lowest BCUT2D eigenvalue weighted by molar-refractivity contribution is 0.795. The first-order chi connectivity index (χ1) is 9.31. The Kier molecular flexibility index (Phi) is 5.40. The first kappa shape index (κ1) is 14.1.